The molecule has 3 heterocycles. The van der Waals surface area contributed by atoms with Crippen molar-refractivity contribution in [3.63, 3.8) is 0 Å². The molecule has 0 unspecified atom stereocenters. The fourth-order valence-electron chi connectivity index (χ4n) is 3.34. The van der Waals surface area contributed by atoms with E-state index in [1.807, 2.05) is 6.07 Å². The highest BCUT2D eigenvalue weighted by atomic mass is 16.5. The Bertz CT molecular complexity index is 477. The van der Waals surface area contributed by atoms with Crippen LogP contribution in [0.4, 0.5) is 0 Å². The first-order valence-corrected chi connectivity index (χ1v) is 7.92. The van der Waals surface area contributed by atoms with Crippen LogP contribution in [0.2, 0.25) is 0 Å². The van der Waals surface area contributed by atoms with Crippen molar-refractivity contribution in [3.8, 4) is 0 Å². The van der Waals surface area contributed by atoms with Crippen LogP contribution in [0.25, 0.3) is 0 Å². The van der Waals surface area contributed by atoms with Gasteiger partial charge in [0.25, 0.3) is 0 Å². The highest BCUT2D eigenvalue weighted by Crippen LogP contribution is 2.33. The van der Waals surface area contributed by atoms with Crippen molar-refractivity contribution >= 4 is 5.91 Å². The molecular weight excluding hydrogens is 284 g/mol. The summed E-state index contributed by atoms with van der Waals surface area (Å²) in [6.45, 7) is 3.89. The monoisotopic (exact) mass is 308 g/mol. The van der Waals surface area contributed by atoms with Crippen molar-refractivity contribution in [1.82, 2.24) is 10.2 Å². The topological polar surface area (TPSA) is 63.9 Å². The van der Waals surface area contributed by atoms with Gasteiger partial charge >= 0.3 is 0 Å². The van der Waals surface area contributed by atoms with E-state index in [1.54, 1.807) is 19.6 Å². The number of ether oxygens (including phenoxy) is 2. The number of piperidine rings is 1. The van der Waals surface area contributed by atoms with Crippen molar-refractivity contribution in [2.45, 2.75) is 31.6 Å². The second-order valence-corrected chi connectivity index (χ2v) is 6.10. The number of fused-ring (bicyclic) bond motifs is 1. The molecule has 2 aliphatic heterocycles. The number of methoxy groups -OCH3 is 1. The molecule has 2 aliphatic rings. The van der Waals surface area contributed by atoms with Gasteiger partial charge in [0.1, 0.15) is 6.10 Å². The SMILES string of the molecule is COCCNC(=O)[C@@H]1C[C@H]2CCN(Cc3ccoc3)C[C@H]2O1. The van der Waals surface area contributed by atoms with E-state index in [0.717, 1.165) is 32.5 Å². The zero-order chi connectivity index (χ0) is 15.4. The van der Waals surface area contributed by atoms with Gasteiger partial charge in [0.15, 0.2) is 0 Å². The second kappa shape index (κ2) is 7.26. The first-order chi connectivity index (χ1) is 10.8. The van der Waals surface area contributed by atoms with Gasteiger partial charge in [-0.15, -0.1) is 0 Å². The quantitative estimate of drug-likeness (QED) is 0.795. The summed E-state index contributed by atoms with van der Waals surface area (Å²) >= 11 is 0. The lowest BCUT2D eigenvalue weighted by Gasteiger charge is -2.33. The molecule has 0 spiro atoms. The maximum absolute atomic E-state index is 12.1. The summed E-state index contributed by atoms with van der Waals surface area (Å²) in [5.41, 5.74) is 1.19. The fraction of sp³-hybridized carbons (Fsp3) is 0.688. The Morgan fingerprint density at radius 3 is 3.23 bits per heavy atom. The molecule has 122 valence electrons. The minimum Gasteiger partial charge on any atom is -0.472 e. The van der Waals surface area contributed by atoms with Crippen molar-refractivity contribution in [2.24, 2.45) is 5.92 Å². The lowest BCUT2D eigenvalue weighted by molar-refractivity contribution is -0.133. The number of carbonyl (C=O) groups excluding carboxylic acids is 1. The predicted molar refractivity (Wildman–Crippen MR) is 80.3 cm³/mol. The molecule has 1 amide bonds. The second-order valence-electron chi connectivity index (χ2n) is 6.10. The van der Waals surface area contributed by atoms with Crippen LogP contribution in [0.15, 0.2) is 23.0 Å². The van der Waals surface area contributed by atoms with Gasteiger partial charge in [0, 0.05) is 32.3 Å². The first-order valence-electron chi connectivity index (χ1n) is 7.92. The Morgan fingerprint density at radius 1 is 1.55 bits per heavy atom. The third-order valence-corrected chi connectivity index (χ3v) is 4.52. The molecule has 22 heavy (non-hydrogen) atoms. The summed E-state index contributed by atoms with van der Waals surface area (Å²) in [5, 5.41) is 2.87. The van der Waals surface area contributed by atoms with Crippen molar-refractivity contribution in [1.29, 1.82) is 0 Å². The van der Waals surface area contributed by atoms with Crippen LogP contribution >= 0.6 is 0 Å². The van der Waals surface area contributed by atoms with Crippen LogP contribution in [0.3, 0.4) is 0 Å². The van der Waals surface area contributed by atoms with Gasteiger partial charge in [-0.2, -0.15) is 0 Å². The molecule has 1 aromatic rings. The Balaban J connectivity index is 1.47. The number of furan rings is 1. The number of rotatable bonds is 6. The summed E-state index contributed by atoms with van der Waals surface area (Å²) in [5.74, 6) is 0.492. The number of likely N-dealkylation sites (tertiary alicyclic amines) is 1. The molecule has 3 rings (SSSR count). The van der Waals surface area contributed by atoms with Gasteiger partial charge < -0.3 is 19.2 Å². The largest absolute Gasteiger partial charge is 0.472 e. The van der Waals surface area contributed by atoms with E-state index >= 15 is 0 Å². The molecule has 3 atom stereocenters. The maximum Gasteiger partial charge on any atom is 0.249 e. The zero-order valence-electron chi connectivity index (χ0n) is 13.0. The van der Waals surface area contributed by atoms with Crippen LogP contribution in [-0.4, -0.2) is 56.4 Å². The van der Waals surface area contributed by atoms with Gasteiger partial charge in [-0.25, -0.2) is 0 Å². The van der Waals surface area contributed by atoms with Crippen LogP contribution < -0.4 is 5.32 Å². The average Bonchev–Trinajstić information content (AvgIpc) is 3.16. The molecule has 0 aromatic carbocycles. The van der Waals surface area contributed by atoms with E-state index in [1.165, 1.54) is 5.56 Å². The normalized spacial score (nSPS) is 28.5. The van der Waals surface area contributed by atoms with E-state index in [-0.39, 0.29) is 18.1 Å². The molecular formula is C16H24N2O4. The molecule has 0 aliphatic carbocycles. The zero-order valence-corrected chi connectivity index (χ0v) is 13.0. The lowest BCUT2D eigenvalue weighted by atomic mass is 9.91. The maximum atomic E-state index is 12.1. The van der Waals surface area contributed by atoms with Crippen LogP contribution in [-0.2, 0) is 20.8 Å². The molecule has 2 saturated heterocycles. The van der Waals surface area contributed by atoms with Crippen LogP contribution in [0.1, 0.15) is 18.4 Å². The van der Waals surface area contributed by atoms with Crippen LogP contribution in [0, 0.1) is 5.92 Å². The highest BCUT2D eigenvalue weighted by Gasteiger charge is 2.41. The minimum absolute atomic E-state index is 0.00663. The van der Waals surface area contributed by atoms with Gasteiger partial charge in [-0.1, -0.05) is 0 Å². The number of hydrogen-bond acceptors (Lipinski definition) is 5. The highest BCUT2D eigenvalue weighted by molar-refractivity contribution is 5.81. The number of amides is 1. The van der Waals surface area contributed by atoms with E-state index in [9.17, 15) is 4.79 Å². The van der Waals surface area contributed by atoms with E-state index in [0.29, 0.717) is 19.1 Å². The van der Waals surface area contributed by atoms with Crippen molar-refractivity contribution in [2.75, 3.05) is 33.4 Å². The summed E-state index contributed by atoms with van der Waals surface area (Å²) in [4.78, 5) is 14.5. The lowest BCUT2D eigenvalue weighted by Crippen LogP contribution is -2.42. The molecule has 2 fully saturated rings. The van der Waals surface area contributed by atoms with Crippen molar-refractivity contribution in [3.05, 3.63) is 24.2 Å². The summed E-state index contributed by atoms with van der Waals surface area (Å²) < 4.78 is 16.0. The number of carbonyl (C=O) groups is 1. The number of hydrogen-bond donors (Lipinski definition) is 1. The standard InChI is InChI=1S/C16H24N2O4/c1-20-7-4-17-16(19)14-8-13-2-5-18(10-15(13)22-14)9-12-3-6-21-11-12/h3,6,11,13-15H,2,4-5,7-10H2,1H3,(H,17,19)/t13-,14+,15-/m1/s1. The van der Waals surface area contributed by atoms with Gasteiger partial charge in [-0.3, -0.25) is 9.69 Å². The molecule has 0 radical (unpaired) electrons. The molecule has 1 aromatic heterocycles. The van der Waals surface area contributed by atoms with Gasteiger partial charge in [0.2, 0.25) is 5.91 Å². The van der Waals surface area contributed by atoms with Gasteiger partial charge in [-0.05, 0) is 31.4 Å². The van der Waals surface area contributed by atoms with Crippen LogP contribution in [0.5, 0.6) is 0 Å². The average molecular weight is 308 g/mol. The molecule has 0 saturated carbocycles. The van der Waals surface area contributed by atoms with Gasteiger partial charge in [0.05, 0.1) is 25.2 Å². The number of nitrogens with one attached hydrogen (secondary N) is 1. The Morgan fingerprint density at radius 2 is 2.45 bits per heavy atom. The third-order valence-electron chi connectivity index (χ3n) is 4.52. The Kier molecular flexibility index (Phi) is 5.12. The van der Waals surface area contributed by atoms with E-state index < -0.39 is 0 Å². The minimum atomic E-state index is -0.305. The Labute approximate surface area is 130 Å². The first kappa shape index (κ1) is 15.5. The summed E-state index contributed by atoms with van der Waals surface area (Å²) in [6, 6.07) is 1.99. The van der Waals surface area contributed by atoms with E-state index in [2.05, 4.69) is 10.2 Å². The fourth-order valence-corrected chi connectivity index (χ4v) is 3.34. The molecule has 6 nitrogen and oxygen atoms in total. The predicted octanol–water partition coefficient (Wildman–Crippen LogP) is 1.02. The number of nitrogens with zero attached hydrogens (tertiary/aromatic N) is 1. The molecule has 1 N–H and O–H groups in total. The summed E-state index contributed by atoms with van der Waals surface area (Å²) in [6.07, 6.45) is 5.27. The summed E-state index contributed by atoms with van der Waals surface area (Å²) in [7, 11) is 1.63. The smallest absolute Gasteiger partial charge is 0.249 e. The van der Waals surface area contributed by atoms with E-state index in [4.69, 9.17) is 13.9 Å². The molecule has 6 heteroatoms. The Hall–Kier alpha value is -1.37. The third kappa shape index (κ3) is 3.69. The molecule has 0 bridgehead atoms. The van der Waals surface area contributed by atoms with Crippen molar-refractivity contribution < 1.29 is 18.7 Å².